The van der Waals surface area contributed by atoms with Crippen LogP contribution in [-0.4, -0.2) is 72.2 Å². The first-order valence-electron chi connectivity index (χ1n) is 23.2. The van der Waals surface area contributed by atoms with Crippen LogP contribution in [-0.2, 0) is 28.7 Å². The summed E-state index contributed by atoms with van der Waals surface area (Å²) in [6.45, 7) is 29.9. The predicted octanol–water partition coefficient (Wildman–Crippen LogP) is 8.69. The van der Waals surface area contributed by atoms with Gasteiger partial charge < -0.3 is 24.8 Å². The van der Waals surface area contributed by atoms with E-state index in [4.69, 9.17) is 9.47 Å². The molecule has 324 valence electrons. The Morgan fingerprint density at radius 1 is 0.724 bits per heavy atom. The number of morpholine rings is 1. The van der Waals surface area contributed by atoms with Crippen LogP contribution in [0.4, 0.5) is 0 Å². The molecule has 1 heterocycles. The van der Waals surface area contributed by atoms with Crippen LogP contribution < -0.4 is 5.32 Å². The second-order valence-corrected chi connectivity index (χ2v) is 23.7. The van der Waals surface area contributed by atoms with Gasteiger partial charge in [0.15, 0.2) is 0 Å². The number of hydrogen-bond acceptors (Lipinski definition) is 6. The predicted molar refractivity (Wildman–Crippen MR) is 223 cm³/mol. The largest absolute Gasteiger partial charge is 0.481 e. The van der Waals surface area contributed by atoms with Crippen LogP contribution in [0.2, 0.25) is 0 Å². The minimum atomic E-state index is -0.823. The van der Waals surface area contributed by atoms with Gasteiger partial charge in [0.2, 0.25) is 11.8 Å². The maximum absolute atomic E-state index is 15.0. The van der Waals surface area contributed by atoms with Gasteiger partial charge in [0.1, 0.15) is 6.10 Å². The van der Waals surface area contributed by atoms with Crippen LogP contribution in [0.25, 0.3) is 0 Å². The van der Waals surface area contributed by atoms with Gasteiger partial charge in [0.05, 0.1) is 30.5 Å². The van der Waals surface area contributed by atoms with Crippen LogP contribution in [0.3, 0.4) is 0 Å². The van der Waals surface area contributed by atoms with E-state index in [1.54, 1.807) is 0 Å². The molecular formula is C49H76N2O7. The van der Waals surface area contributed by atoms with Gasteiger partial charge >= 0.3 is 11.9 Å². The van der Waals surface area contributed by atoms with Gasteiger partial charge in [-0.15, -0.1) is 0 Å². The van der Waals surface area contributed by atoms with Gasteiger partial charge in [-0.25, -0.2) is 0 Å². The fourth-order valence-electron chi connectivity index (χ4n) is 16.6. The zero-order valence-electron chi connectivity index (χ0n) is 37.6. The Bertz CT molecular complexity index is 1730. The first-order chi connectivity index (χ1) is 27.0. The number of nitrogens with one attached hydrogen (secondary N) is 1. The number of aliphatic carboxylic acids is 1. The molecule has 0 aromatic carbocycles. The van der Waals surface area contributed by atoms with E-state index in [-0.39, 0.29) is 74.8 Å². The molecule has 0 aromatic rings. The van der Waals surface area contributed by atoms with Crippen molar-refractivity contribution in [2.24, 2.45) is 85.2 Å². The molecule has 7 saturated carbocycles. The number of carbonyl (C=O) groups excluding carboxylic acids is 3. The normalized spacial score (nSPS) is 47.0. The summed E-state index contributed by atoms with van der Waals surface area (Å²) in [4.78, 5) is 56.0. The molecule has 8 aliphatic rings. The molecule has 4 unspecified atom stereocenters. The van der Waals surface area contributed by atoms with Crippen molar-refractivity contribution in [2.45, 2.75) is 158 Å². The number of rotatable bonds is 7. The van der Waals surface area contributed by atoms with Gasteiger partial charge in [-0.1, -0.05) is 74.5 Å². The lowest BCUT2D eigenvalue weighted by Gasteiger charge is -2.73. The third-order valence-corrected chi connectivity index (χ3v) is 20.8. The number of carbonyl (C=O) groups is 4. The second kappa shape index (κ2) is 13.8. The van der Waals surface area contributed by atoms with Crippen molar-refractivity contribution in [1.82, 2.24) is 10.2 Å². The summed E-state index contributed by atoms with van der Waals surface area (Å²) in [6.07, 6.45) is 11.2. The third-order valence-electron chi connectivity index (χ3n) is 20.8. The summed E-state index contributed by atoms with van der Waals surface area (Å²) in [5, 5.41) is 13.3. The third kappa shape index (κ3) is 5.74. The summed E-state index contributed by atoms with van der Waals surface area (Å²) in [7, 11) is 0. The average Bonchev–Trinajstić information content (AvgIpc) is 3.55. The van der Waals surface area contributed by atoms with Gasteiger partial charge in [0.25, 0.3) is 0 Å². The first kappa shape index (κ1) is 42.3. The van der Waals surface area contributed by atoms with Crippen molar-refractivity contribution in [2.75, 3.05) is 26.3 Å². The minimum absolute atomic E-state index is 0.00897. The molecule has 1 saturated heterocycles. The Kier molecular flexibility index (Phi) is 10.1. The van der Waals surface area contributed by atoms with Crippen LogP contribution >= 0.6 is 0 Å². The number of amides is 2. The maximum atomic E-state index is 15.0. The van der Waals surface area contributed by atoms with E-state index in [0.717, 1.165) is 64.2 Å². The number of fused-ring (bicyclic) bond motifs is 7. The highest BCUT2D eigenvalue weighted by Gasteiger charge is 2.72. The number of ether oxygens (including phenoxy) is 2. The topological polar surface area (TPSA) is 122 Å². The van der Waals surface area contributed by atoms with Crippen molar-refractivity contribution in [3.05, 3.63) is 12.2 Å². The van der Waals surface area contributed by atoms with Gasteiger partial charge in [-0.05, 0) is 141 Å². The number of carboxylic acid groups (broad SMARTS) is 1. The molecule has 8 fully saturated rings. The van der Waals surface area contributed by atoms with E-state index in [1.165, 1.54) is 5.57 Å². The minimum Gasteiger partial charge on any atom is -0.481 e. The van der Waals surface area contributed by atoms with Crippen LogP contribution in [0, 0.1) is 85.2 Å². The van der Waals surface area contributed by atoms with E-state index in [1.807, 2.05) is 18.7 Å². The van der Waals surface area contributed by atoms with Gasteiger partial charge in [0, 0.05) is 30.5 Å². The van der Waals surface area contributed by atoms with Crippen LogP contribution in [0.1, 0.15) is 146 Å². The van der Waals surface area contributed by atoms with Crippen molar-refractivity contribution >= 4 is 23.8 Å². The summed E-state index contributed by atoms with van der Waals surface area (Å²) < 4.78 is 12.0. The number of hydrogen-bond donors (Lipinski definition) is 2. The van der Waals surface area contributed by atoms with E-state index in [9.17, 15) is 19.5 Å². The zero-order chi connectivity index (χ0) is 42.2. The second-order valence-electron chi connectivity index (χ2n) is 23.7. The molecule has 7 aliphatic carbocycles. The lowest BCUT2D eigenvalue weighted by atomic mass is 9.32. The molecule has 0 aromatic heterocycles. The smallest absolute Gasteiger partial charge is 0.309 e. The monoisotopic (exact) mass is 805 g/mol. The highest BCUT2D eigenvalue weighted by atomic mass is 16.5. The average molecular weight is 805 g/mol. The molecule has 2 N–H and O–H groups in total. The number of carboxylic acids is 1. The summed E-state index contributed by atoms with van der Waals surface area (Å²) in [5.74, 6) is 0.463. The lowest BCUT2D eigenvalue weighted by Crippen LogP contribution is -2.68. The maximum Gasteiger partial charge on any atom is 0.309 e. The SMILES string of the molecule is C=C(C)[C@@H]1CC[C@]2(C(=O)N[C@H]3C[C@@H](C(=O)N4CCOCC4)C3(C)C)CC[C@]3(C)C(CC[C@@H]4[C@@]5(C)CC[C@H](OC(=O)C6CC(C(=O)O)C6(C)C)C(C)(C)[C@@H]5CC[C@]43C)C12. The van der Waals surface area contributed by atoms with Crippen LogP contribution in [0.15, 0.2) is 12.2 Å². The molecule has 9 nitrogen and oxygen atoms in total. The molecule has 58 heavy (non-hydrogen) atoms. The highest BCUT2D eigenvalue weighted by molar-refractivity contribution is 5.86. The Morgan fingerprint density at radius 2 is 1.41 bits per heavy atom. The Balaban J connectivity index is 1.00. The summed E-state index contributed by atoms with van der Waals surface area (Å²) in [5.41, 5.74) is 0.0496. The Morgan fingerprint density at radius 3 is 2.03 bits per heavy atom. The molecular weight excluding hydrogens is 729 g/mol. The number of esters is 1. The summed E-state index contributed by atoms with van der Waals surface area (Å²) in [6, 6.07) is -0.00897. The van der Waals surface area contributed by atoms with Crippen molar-refractivity contribution in [3.8, 4) is 0 Å². The van der Waals surface area contributed by atoms with Crippen LogP contribution in [0.5, 0.6) is 0 Å². The Labute approximate surface area is 348 Å². The quantitative estimate of drug-likeness (QED) is 0.195. The highest BCUT2D eigenvalue weighted by Crippen LogP contribution is 2.78. The molecule has 9 heteroatoms. The van der Waals surface area contributed by atoms with Crippen molar-refractivity contribution < 1.29 is 33.8 Å². The fraction of sp³-hybridized carbons (Fsp3) is 0.878. The Hall–Kier alpha value is -2.42. The lowest BCUT2D eigenvalue weighted by molar-refractivity contribution is -0.251. The standard InChI is InChI=1S/C49H76N2O7/c1-28(2)29-14-19-49(42(56)50-36-27-31(44(36,5)6)39(52)51-22-24-57-25-23-51)21-20-47(10)30(38(29)49)12-13-35-46(9)17-16-37(45(7,8)34(46)15-18-48(35,47)11)58-41(55)33-26-32(40(53)54)43(33,3)4/h29-38H,1,12-27H2,2-11H3,(H,50,56)(H,53,54)/t29-,30?,31-,32?,33?,34-,35+,36-,37-,38?,46-,47+,48+,49-/m0/s1. The van der Waals surface area contributed by atoms with E-state index < -0.39 is 22.7 Å². The van der Waals surface area contributed by atoms with Crippen molar-refractivity contribution in [3.63, 3.8) is 0 Å². The molecule has 0 radical (unpaired) electrons. The molecule has 2 amide bonds. The number of allylic oxidation sites excluding steroid dienone is 1. The van der Waals surface area contributed by atoms with E-state index >= 15 is 4.79 Å². The summed E-state index contributed by atoms with van der Waals surface area (Å²) >= 11 is 0. The molecule has 1 aliphatic heterocycles. The van der Waals surface area contributed by atoms with E-state index in [0.29, 0.717) is 62.8 Å². The number of nitrogens with zero attached hydrogens (tertiary/aromatic N) is 1. The van der Waals surface area contributed by atoms with Crippen molar-refractivity contribution in [1.29, 1.82) is 0 Å². The molecule has 0 bridgehead atoms. The zero-order valence-corrected chi connectivity index (χ0v) is 37.6. The molecule has 0 spiro atoms. The van der Waals surface area contributed by atoms with E-state index in [2.05, 4.69) is 67.3 Å². The van der Waals surface area contributed by atoms with Gasteiger partial charge in [-0.3, -0.25) is 19.2 Å². The molecule has 8 rings (SSSR count). The molecule has 14 atom stereocenters. The fourth-order valence-corrected chi connectivity index (χ4v) is 16.6. The first-order valence-corrected chi connectivity index (χ1v) is 23.2. The van der Waals surface area contributed by atoms with Gasteiger partial charge in [-0.2, -0.15) is 0 Å².